The summed E-state index contributed by atoms with van der Waals surface area (Å²) in [6, 6.07) is 8.12. The fraction of sp³-hybridized carbons (Fsp3) is 0.111. The summed E-state index contributed by atoms with van der Waals surface area (Å²) in [5, 5.41) is 5.01. The molecule has 0 heterocycles. The lowest BCUT2D eigenvalue weighted by atomic mass is 10.1. The molecule has 8 nitrogen and oxygen atoms in total. The van der Waals surface area contributed by atoms with Crippen molar-refractivity contribution in [1.82, 2.24) is 0 Å². The molecule has 0 saturated carbocycles. The first-order valence-corrected chi connectivity index (χ1v) is 8.40. The summed E-state index contributed by atoms with van der Waals surface area (Å²) in [5.41, 5.74) is -0.0188. The summed E-state index contributed by atoms with van der Waals surface area (Å²) in [7, 11) is 2.34. The zero-order chi connectivity index (χ0) is 20.8. The van der Waals surface area contributed by atoms with Gasteiger partial charge in [-0.3, -0.25) is 9.59 Å². The van der Waals surface area contributed by atoms with Gasteiger partial charge in [0.05, 0.1) is 36.7 Å². The molecule has 0 atom stereocenters. The number of halogens is 2. The van der Waals surface area contributed by atoms with Gasteiger partial charge in [0.25, 0.3) is 0 Å². The third-order valence-electron chi connectivity index (χ3n) is 3.48. The molecule has 2 amide bonds. The second-order valence-electron chi connectivity index (χ2n) is 5.27. The van der Waals surface area contributed by atoms with E-state index < -0.39 is 23.8 Å². The van der Waals surface area contributed by atoms with Crippen LogP contribution in [0.1, 0.15) is 20.7 Å². The lowest BCUT2D eigenvalue weighted by Crippen LogP contribution is -2.30. The maximum Gasteiger partial charge on any atom is 0.339 e. The molecular formula is C18H14Cl2N2O6. The van der Waals surface area contributed by atoms with Crippen LogP contribution in [0.3, 0.4) is 0 Å². The molecule has 0 unspecified atom stereocenters. The van der Waals surface area contributed by atoms with Crippen molar-refractivity contribution < 1.29 is 28.7 Å². The van der Waals surface area contributed by atoms with E-state index in [0.717, 1.165) is 0 Å². The van der Waals surface area contributed by atoms with Crippen molar-refractivity contribution in [2.45, 2.75) is 0 Å². The van der Waals surface area contributed by atoms with E-state index in [-0.39, 0.29) is 32.5 Å². The van der Waals surface area contributed by atoms with Crippen LogP contribution in [0, 0.1) is 0 Å². The molecule has 0 radical (unpaired) electrons. The SMILES string of the molecule is COC(=O)c1ccc(Cl)cc1NC(=O)C(=O)Nc1cc(Cl)ccc1C(=O)OC. The summed E-state index contributed by atoms with van der Waals surface area (Å²) < 4.78 is 9.24. The van der Waals surface area contributed by atoms with Gasteiger partial charge < -0.3 is 20.1 Å². The maximum absolute atomic E-state index is 12.3. The second kappa shape index (κ2) is 9.20. The van der Waals surface area contributed by atoms with Crippen LogP contribution < -0.4 is 10.6 Å². The molecule has 0 fully saturated rings. The minimum Gasteiger partial charge on any atom is -0.465 e. The monoisotopic (exact) mass is 424 g/mol. The topological polar surface area (TPSA) is 111 Å². The molecule has 10 heteroatoms. The summed E-state index contributed by atoms with van der Waals surface area (Å²) in [4.78, 5) is 48.1. The maximum atomic E-state index is 12.3. The molecule has 0 spiro atoms. The van der Waals surface area contributed by atoms with Gasteiger partial charge in [0.2, 0.25) is 0 Å². The molecule has 2 aromatic carbocycles. The minimum absolute atomic E-state index is 0.00561. The molecule has 0 aliphatic rings. The van der Waals surface area contributed by atoms with E-state index in [0.29, 0.717) is 0 Å². The Labute approximate surface area is 169 Å². The third-order valence-corrected chi connectivity index (χ3v) is 3.95. The van der Waals surface area contributed by atoms with Crippen LogP contribution in [0.2, 0.25) is 10.0 Å². The molecule has 28 heavy (non-hydrogen) atoms. The van der Waals surface area contributed by atoms with Crippen molar-refractivity contribution in [3.05, 3.63) is 57.6 Å². The van der Waals surface area contributed by atoms with Gasteiger partial charge in [-0.15, -0.1) is 0 Å². The Hall–Kier alpha value is -3.10. The zero-order valence-electron chi connectivity index (χ0n) is 14.7. The fourth-order valence-electron chi connectivity index (χ4n) is 2.17. The first kappa shape index (κ1) is 21.2. The number of benzene rings is 2. The van der Waals surface area contributed by atoms with Crippen molar-refractivity contribution in [3.63, 3.8) is 0 Å². The molecule has 2 aromatic rings. The van der Waals surface area contributed by atoms with Gasteiger partial charge in [0.15, 0.2) is 0 Å². The van der Waals surface area contributed by atoms with Crippen molar-refractivity contribution in [2.75, 3.05) is 24.9 Å². The molecule has 2 rings (SSSR count). The Morgan fingerprint density at radius 2 is 1.07 bits per heavy atom. The predicted octanol–water partition coefficient (Wildman–Crippen LogP) is 3.14. The van der Waals surface area contributed by atoms with Gasteiger partial charge in [0.1, 0.15) is 0 Å². The molecule has 0 aromatic heterocycles. The number of amides is 2. The molecule has 0 saturated heterocycles. The Morgan fingerprint density at radius 3 is 1.39 bits per heavy atom. The summed E-state index contributed by atoms with van der Waals surface area (Å²) >= 11 is 11.8. The summed E-state index contributed by atoms with van der Waals surface area (Å²) in [5.74, 6) is -3.67. The van der Waals surface area contributed by atoms with Gasteiger partial charge in [-0.2, -0.15) is 0 Å². The molecule has 2 N–H and O–H groups in total. The lowest BCUT2D eigenvalue weighted by molar-refractivity contribution is -0.133. The van der Waals surface area contributed by atoms with Gasteiger partial charge in [0, 0.05) is 10.0 Å². The number of ether oxygens (including phenoxy) is 2. The van der Waals surface area contributed by atoms with Crippen molar-refractivity contribution in [2.24, 2.45) is 0 Å². The predicted molar refractivity (Wildman–Crippen MR) is 103 cm³/mol. The number of hydrogen-bond acceptors (Lipinski definition) is 6. The van der Waals surface area contributed by atoms with Crippen LogP contribution in [0.4, 0.5) is 11.4 Å². The average molecular weight is 425 g/mol. The van der Waals surface area contributed by atoms with Crippen molar-refractivity contribution in [3.8, 4) is 0 Å². The minimum atomic E-state index is -1.11. The smallest absolute Gasteiger partial charge is 0.339 e. The summed E-state index contributed by atoms with van der Waals surface area (Å²) in [6.07, 6.45) is 0. The van der Waals surface area contributed by atoms with Crippen LogP contribution in [0.25, 0.3) is 0 Å². The Morgan fingerprint density at radius 1 is 0.714 bits per heavy atom. The quantitative estimate of drug-likeness (QED) is 0.575. The number of anilines is 2. The van der Waals surface area contributed by atoms with Crippen molar-refractivity contribution >= 4 is 58.3 Å². The van der Waals surface area contributed by atoms with Crippen LogP contribution in [-0.4, -0.2) is 38.0 Å². The van der Waals surface area contributed by atoms with E-state index in [1.807, 2.05) is 0 Å². The van der Waals surface area contributed by atoms with Gasteiger partial charge >= 0.3 is 23.8 Å². The lowest BCUT2D eigenvalue weighted by Gasteiger charge is -2.12. The number of methoxy groups -OCH3 is 2. The van der Waals surface area contributed by atoms with E-state index in [2.05, 4.69) is 20.1 Å². The van der Waals surface area contributed by atoms with E-state index in [1.54, 1.807) is 0 Å². The van der Waals surface area contributed by atoms with Gasteiger partial charge in [-0.25, -0.2) is 9.59 Å². The van der Waals surface area contributed by atoms with Crippen LogP contribution in [-0.2, 0) is 19.1 Å². The Bertz CT molecular complexity index is 884. The number of esters is 2. The molecule has 0 bridgehead atoms. The third kappa shape index (κ3) is 4.99. The van der Waals surface area contributed by atoms with Gasteiger partial charge in [-0.1, -0.05) is 23.2 Å². The first-order chi connectivity index (χ1) is 13.3. The number of rotatable bonds is 4. The molecule has 0 aliphatic heterocycles. The van der Waals surface area contributed by atoms with Crippen LogP contribution in [0.15, 0.2) is 36.4 Å². The highest BCUT2D eigenvalue weighted by atomic mass is 35.5. The molecular weight excluding hydrogens is 411 g/mol. The fourth-order valence-corrected chi connectivity index (χ4v) is 2.52. The first-order valence-electron chi connectivity index (χ1n) is 7.65. The number of nitrogens with one attached hydrogen (secondary N) is 2. The summed E-state index contributed by atoms with van der Waals surface area (Å²) in [6.45, 7) is 0. The van der Waals surface area contributed by atoms with Crippen LogP contribution >= 0.6 is 23.2 Å². The number of carbonyl (C=O) groups excluding carboxylic acids is 4. The highest BCUT2D eigenvalue weighted by Crippen LogP contribution is 2.24. The van der Waals surface area contributed by atoms with Crippen molar-refractivity contribution in [1.29, 1.82) is 0 Å². The van der Waals surface area contributed by atoms with E-state index in [4.69, 9.17) is 23.2 Å². The van der Waals surface area contributed by atoms with E-state index in [9.17, 15) is 19.2 Å². The van der Waals surface area contributed by atoms with Crippen LogP contribution in [0.5, 0.6) is 0 Å². The molecule has 0 aliphatic carbocycles. The Kier molecular flexibility index (Phi) is 6.97. The normalized spacial score (nSPS) is 10.0. The highest BCUT2D eigenvalue weighted by Gasteiger charge is 2.21. The molecule has 146 valence electrons. The number of hydrogen-bond donors (Lipinski definition) is 2. The van der Waals surface area contributed by atoms with E-state index in [1.165, 1.54) is 50.6 Å². The van der Waals surface area contributed by atoms with Gasteiger partial charge in [-0.05, 0) is 36.4 Å². The Balaban J connectivity index is 2.25. The largest absolute Gasteiger partial charge is 0.465 e. The highest BCUT2D eigenvalue weighted by molar-refractivity contribution is 6.44. The zero-order valence-corrected chi connectivity index (χ0v) is 16.2. The standard InChI is InChI=1S/C18H14Cl2N2O6/c1-27-17(25)11-5-3-9(19)7-13(11)21-15(23)16(24)22-14-8-10(20)4-6-12(14)18(26)28-2/h3-8H,1-2H3,(H,21,23)(H,22,24). The number of carbonyl (C=O) groups is 4. The second-order valence-corrected chi connectivity index (χ2v) is 6.14. The average Bonchev–Trinajstić information content (AvgIpc) is 2.67. The van der Waals surface area contributed by atoms with E-state index >= 15 is 0 Å².